The van der Waals surface area contributed by atoms with E-state index in [1.807, 2.05) is 51.7 Å². The van der Waals surface area contributed by atoms with Crippen molar-refractivity contribution in [2.45, 2.75) is 88.0 Å². The highest BCUT2D eigenvalue weighted by Crippen LogP contribution is 2.54. The molecule has 1 unspecified atom stereocenters. The van der Waals surface area contributed by atoms with Gasteiger partial charge >= 0.3 is 17.9 Å². The first-order valence-corrected chi connectivity index (χ1v) is 19.4. The Bertz CT molecular complexity index is 2030. The van der Waals surface area contributed by atoms with E-state index >= 15 is 0 Å². The average Bonchev–Trinajstić information content (AvgIpc) is 3.31. The first-order chi connectivity index (χ1) is 23.4. The molecule has 2 heterocycles. The molecule has 0 bridgehead atoms. The maximum Gasteiger partial charge on any atom is 0.336 e. The summed E-state index contributed by atoms with van der Waals surface area (Å²) in [6, 6.07) is 6.83. The van der Waals surface area contributed by atoms with Crippen LogP contribution >= 0.6 is 0 Å². The number of rotatable bonds is 15. The number of benzene rings is 2. The molecule has 0 fully saturated rings. The van der Waals surface area contributed by atoms with E-state index in [2.05, 4.69) is 0 Å². The molecule has 5 N–H and O–H groups in total. The van der Waals surface area contributed by atoms with Crippen LogP contribution in [0.5, 0.6) is 0 Å². The predicted molar refractivity (Wildman–Crippen MR) is 190 cm³/mol. The number of anilines is 2. The lowest BCUT2D eigenvalue weighted by atomic mass is 9.69. The summed E-state index contributed by atoms with van der Waals surface area (Å²) in [5.74, 6) is -4.14. The summed E-state index contributed by atoms with van der Waals surface area (Å²) in [5, 5.41) is 29.0. The normalized spacial score (nSPS) is 20.2. The molecule has 278 valence electrons. The van der Waals surface area contributed by atoms with Crippen molar-refractivity contribution in [3.05, 3.63) is 76.5 Å². The fourth-order valence-electron chi connectivity index (χ4n) is 7.29. The number of unbranched alkanes of at least 4 members (excludes halogenated alkanes) is 2. The highest BCUT2D eigenvalue weighted by Gasteiger charge is 2.54. The maximum absolute atomic E-state index is 12.5. The van der Waals surface area contributed by atoms with Crippen LogP contribution in [-0.2, 0) is 35.9 Å². The molecule has 2 aromatic rings. The maximum atomic E-state index is 12.5. The summed E-state index contributed by atoms with van der Waals surface area (Å²) in [6.07, 6.45) is 7.13. The number of nitrogens with zero attached hydrogens (tertiary/aromatic N) is 2. The Morgan fingerprint density at radius 1 is 0.804 bits per heavy atom. The number of aliphatic carboxylic acids is 1. The van der Waals surface area contributed by atoms with E-state index < -0.39 is 60.3 Å². The summed E-state index contributed by atoms with van der Waals surface area (Å²) in [5.41, 5.74) is -0.516. The number of aromatic carboxylic acids is 2. The van der Waals surface area contributed by atoms with E-state index in [0.717, 1.165) is 11.8 Å². The first kappa shape index (κ1) is 39.5. The van der Waals surface area contributed by atoms with Gasteiger partial charge in [-0.3, -0.25) is 13.9 Å². The van der Waals surface area contributed by atoms with Crippen molar-refractivity contribution >= 4 is 49.5 Å². The van der Waals surface area contributed by atoms with Gasteiger partial charge in [0, 0.05) is 47.4 Å². The molecule has 0 aliphatic carbocycles. The topological polar surface area (TPSA) is 227 Å². The van der Waals surface area contributed by atoms with Crippen molar-refractivity contribution in [2.75, 3.05) is 28.6 Å². The number of carbonyl (C=O) groups is 3. The summed E-state index contributed by atoms with van der Waals surface area (Å²) in [6.45, 7) is 9.74. The van der Waals surface area contributed by atoms with Crippen LogP contribution in [0.4, 0.5) is 11.4 Å². The zero-order valence-electron chi connectivity index (χ0n) is 29.1. The molecule has 0 saturated heterocycles. The van der Waals surface area contributed by atoms with Gasteiger partial charge in [0.05, 0.1) is 27.3 Å². The first-order valence-electron chi connectivity index (χ1n) is 16.3. The zero-order chi connectivity index (χ0) is 38.3. The number of hydrogen-bond acceptors (Lipinski definition) is 9. The van der Waals surface area contributed by atoms with Gasteiger partial charge in [-0.2, -0.15) is 16.8 Å². The summed E-state index contributed by atoms with van der Waals surface area (Å²) >= 11 is 0. The van der Waals surface area contributed by atoms with Gasteiger partial charge in [-0.1, -0.05) is 46.3 Å². The van der Waals surface area contributed by atoms with Crippen LogP contribution in [0.2, 0.25) is 0 Å². The van der Waals surface area contributed by atoms with Crippen LogP contribution in [0.3, 0.4) is 0 Å². The molecule has 2 aromatic carbocycles. The minimum Gasteiger partial charge on any atom is -0.481 e. The third-order valence-electron chi connectivity index (χ3n) is 10.2. The monoisotopic (exact) mass is 748 g/mol. The van der Waals surface area contributed by atoms with Gasteiger partial charge < -0.3 is 25.1 Å². The Labute approximate surface area is 297 Å². The second-order valence-electron chi connectivity index (χ2n) is 14.1. The molecule has 14 nitrogen and oxygen atoms in total. The van der Waals surface area contributed by atoms with Gasteiger partial charge in [0.25, 0.3) is 20.2 Å². The van der Waals surface area contributed by atoms with Crippen LogP contribution in [0.25, 0.3) is 0 Å². The van der Waals surface area contributed by atoms with Crippen molar-refractivity contribution in [2.24, 2.45) is 0 Å². The average molecular weight is 749 g/mol. The number of carboxylic acids is 3. The second-order valence-corrected chi connectivity index (χ2v) is 17.1. The zero-order valence-corrected chi connectivity index (χ0v) is 30.7. The highest BCUT2D eigenvalue weighted by atomic mass is 32.2. The minimum absolute atomic E-state index is 0.0214. The molecular formula is C35H44N2O12S2. The van der Waals surface area contributed by atoms with Crippen molar-refractivity contribution in [3.63, 3.8) is 0 Å². The minimum atomic E-state index is -4.50. The molecule has 2 aliphatic rings. The van der Waals surface area contributed by atoms with Gasteiger partial charge in [0.1, 0.15) is 0 Å². The van der Waals surface area contributed by atoms with E-state index in [-0.39, 0.29) is 35.4 Å². The van der Waals surface area contributed by atoms with Crippen molar-refractivity contribution in [3.8, 4) is 0 Å². The van der Waals surface area contributed by atoms with Gasteiger partial charge in [0.2, 0.25) is 0 Å². The molecule has 0 saturated carbocycles. The third kappa shape index (κ3) is 7.83. The SMILES string of the molecule is CC1(C)C(=CC=CC2(C)N(CCCS(=O)(=O)O)c3cc(C(=O)O)cc(C(=O)O)c3C2(C)C)N(CCCCCC(=O)O)c2ccc(S(=O)(=O)O)cc21. The molecule has 4 rings (SSSR count). The van der Waals surface area contributed by atoms with Crippen LogP contribution in [0.15, 0.2) is 59.2 Å². The number of carboxylic acid groups (broad SMARTS) is 3. The molecule has 2 aliphatic heterocycles. The van der Waals surface area contributed by atoms with Crippen LogP contribution in [0, 0.1) is 0 Å². The van der Waals surface area contributed by atoms with Crippen LogP contribution < -0.4 is 9.80 Å². The molecule has 0 spiro atoms. The lowest BCUT2D eigenvalue weighted by Gasteiger charge is -2.43. The van der Waals surface area contributed by atoms with Crippen molar-refractivity contribution in [1.82, 2.24) is 0 Å². The second kappa shape index (κ2) is 14.1. The Morgan fingerprint density at radius 2 is 1.47 bits per heavy atom. The van der Waals surface area contributed by atoms with E-state index in [9.17, 15) is 50.5 Å². The number of allylic oxidation sites excluding steroid dienone is 3. The molecule has 51 heavy (non-hydrogen) atoms. The number of fused-ring (bicyclic) bond motifs is 2. The Hall–Kier alpha value is -4.25. The van der Waals surface area contributed by atoms with E-state index in [1.54, 1.807) is 17.0 Å². The highest BCUT2D eigenvalue weighted by molar-refractivity contribution is 7.86. The van der Waals surface area contributed by atoms with Gasteiger partial charge in [0.15, 0.2) is 0 Å². The molecular weight excluding hydrogens is 705 g/mol. The molecule has 16 heteroatoms. The Morgan fingerprint density at radius 3 is 2.04 bits per heavy atom. The van der Waals surface area contributed by atoms with E-state index in [0.29, 0.717) is 48.3 Å². The fraction of sp³-hybridized carbons (Fsp3) is 0.457. The largest absolute Gasteiger partial charge is 0.481 e. The summed E-state index contributed by atoms with van der Waals surface area (Å²) in [4.78, 5) is 39.1. The Kier molecular flexibility index (Phi) is 10.9. The van der Waals surface area contributed by atoms with Gasteiger partial charge in [-0.05, 0) is 73.7 Å². The predicted octanol–water partition coefficient (Wildman–Crippen LogP) is 5.35. The van der Waals surface area contributed by atoms with Crippen molar-refractivity contribution < 1.29 is 55.6 Å². The molecule has 0 amide bonds. The van der Waals surface area contributed by atoms with Crippen molar-refractivity contribution in [1.29, 1.82) is 0 Å². The molecule has 0 radical (unpaired) electrons. The third-order valence-corrected chi connectivity index (χ3v) is 11.9. The lowest BCUT2D eigenvalue weighted by molar-refractivity contribution is -0.137. The number of hydrogen-bond donors (Lipinski definition) is 5. The molecule has 1 atom stereocenters. The smallest absolute Gasteiger partial charge is 0.336 e. The fourth-order valence-corrected chi connectivity index (χ4v) is 8.29. The summed E-state index contributed by atoms with van der Waals surface area (Å²) in [7, 11) is -8.84. The Balaban J connectivity index is 1.84. The standard InChI is InChI=1S/C35H44N2O12S2/c1-33(2)25-21-23(51(47,48)49)13-14-26(25)36(16-8-6-7-12-29(38)39)28(33)11-9-15-35(5)34(3,4)30-24(32(42)43)19-22(31(40)41)20-27(30)37(35)17-10-18-50(44,45)46/h9,11,13-15,19-21H,6-8,10,12,16-18H2,1-5H3,(H,38,39)(H,40,41)(H,42,43)(H,44,45,46)(H,47,48,49). The quantitative estimate of drug-likeness (QED) is 0.114. The van der Waals surface area contributed by atoms with Gasteiger partial charge in [-0.25, -0.2) is 9.59 Å². The van der Waals surface area contributed by atoms with Crippen LogP contribution in [-0.4, -0.2) is 83.5 Å². The van der Waals surface area contributed by atoms with E-state index in [1.165, 1.54) is 18.2 Å². The van der Waals surface area contributed by atoms with Crippen LogP contribution in [0.1, 0.15) is 98.6 Å². The van der Waals surface area contributed by atoms with E-state index in [4.69, 9.17) is 5.11 Å². The molecule has 0 aromatic heterocycles. The summed E-state index contributed by atoms with van der Waals surface area (Å²) < 4.78 is 66.6. The lowest BCUT2D eigenvalue weighted by Crippen LogP contribution is -2.52. The van der Waals surface area contributed by atoms with Gasteiger partial charge in [-0.15, -0.1) is 0 Å².